The average molecular weight is 635 g/mol. The fourth-order valence-corrected chi connectivity index (χ4v) is 5.00. The lowest BCUT2D eigenvalue weighted by Crippen LogP contribution is -2.27. The molecule has 1 amide bonds. The van der Waals surface area contributed by atoms with Crippen LogP contribution >= 0.6 is 0 Å². The predicted molar refractivity (Wildman–Crippen MR) is 174 cm³/mol. The van der Waals surface area contributed by atoms with Crippen molar-refractivity contribution in [2.24, 2.45) is 0 Å². The Balaban J connectivity index is 2.11. The Kier molecular flexibility index (Phi) is 9.99. The number of amides is 1. The molecule has 0 saturated heterocycles. The summed E-state index contributed by atoms with van der Waals surface area (Å²) in [6.45, 7) is 7.41. The maximum atomic E-state index is 14.4. The largest absolute Gasteiger partial charge is 0.493 e. The molecular weight excluding hydrogens is 596 g/mol. The van der Waals surface area contributed by atoms with E-state index in [1.807, 2.05) is 6.92 Å². The second-order valence-electron chi connectivity index (χ2n) is 10.9. The Morgan fingerprint density at radius 1 is 0.783 bits per heavy atom. The lowest BCUT2D eigenvalue weighted by molar-refractivity contribution is 0.0589. The third-order valence-electron chi connectivity index (χ3n) is 6.87. The Labute approximate surface area is 266 Å². The van der Waals surface area contributed by atoms with Gasteiger partial charge in [0.2, 0.25) is 5.75 Å². The van der Waals surface area contributed by atoms with Gasteiger partial charge in [0.25, 0.3) is 5.56 Å². The molecule has 1 heterocycles. The van der Waals surface area contributed by atoms with E-state index in [0.29, 0.717) is 63.2 Å². The molecule has 0 bridgehead atoms. The number of carbonyl (C=O) groups excluding carboxylic acids is 2. The van der Waals surface area contributed by atoms with Crippen LogP contribution in [0, 0.1) is 0 Å². The highest BCUT2D eigenvalue weighted by atomic mass is 16.6. The second kappa shape index (κ2) is 13.7. The van der Waals surface area contributed by atoms with E-state index in [0.717, 1.165) is 0 Å². The van der Waals surface area contributed by atoms with Gasteiger partial charge >= 0.3 is 12.1 Å². The average Bonchev–Trinajstić information content (AvgIpc) is 3.03. The lowest BCUT2D eigenvalue weighted by Gasteiger charge is -2.22. The predicted octanol–water partition coefficient (Wildman–Crippen LogP) is 6.22. The number of hydrogen-bond donors (Lipinski definition) is 1. The van der Waals surface area contributed by atoms with Gasteiger partial charge in [0.1, 0.15) is 11.3 Å². The first-order chi connectivity index (χ1) is 21.9. The Morgan fingerprint density at radius 3 is 1.87 bits per heavy atom. The molecule has 12 nitrogen and oxygen atoms in total. The van der Waals surface area contributed by atoms with Crippen LogP contribution in [0.25, 0.3) is 27.6 Å². The molecular formula is C34H38N2O10. The zero-order valence-corrected chi connectivity index (χ0v) is 27.4. The minimum Gasteiger partial charge on any atom is -0.493 e. The van der Waals surface area contributed by atoms with Crippen LogP contribution in [0.2, 0.25) is 0 Å². The van der Waals surface area contributed by atoms with Gasteiger partial charge in [-0.3, -0.25) is 14.7 Å². The number of methoxy groups -OCH3 is 5. The molecule has 244 valence electrons. The standard InChI is InChI=1S/C34H38N2O10/c1-10-45-25-18-23-22(17-24(25)40-5)28(19-15-26(41-6)30(43-8)27(16-19)42-7)29(32(38)44-9)36(31(23)37)21-13-11-20(12-14-21)35-33(39)46-34(2,3)4/h11-18H,10H2,1-9H3,(H,35,39). The third-order valence-corrected chi connectivity index (χ3v) is 6.87. The monoisotopic (exact) mass is 634 g/mol. The lowest BCUT2D eigenvalue weighted by atomic mass is 9.95. The molecule has 4 aromatic rings. The number of carbonyl (C=O) groups is 2. The minimum atomic E-state index is -0.786. The first-order valence-corrected chi connectivity index (χ1v) is 14.3. The molecule has 0 saturated carbocycles. The first-order valence-electron chi connectivity index (χ1n) is 14.3. The van der Waals surface area contributed by atoms with E-state index in [4.69, 9.17) is 33.2 Å². The van der Waals surface area contributed by atoms with Crippen molar-refractivity contribution >= 4 is 28.5 Å². The summed E-state index contributed by atoms with van der Waals surface area (Å²) in [5.74, 6) is 0.915. The number of fused-ring (bicyclic) bond motifs is 1. The highest BCUT2D eigenvalue weighted by Crippen LogP contribution is 2.45. The maximum Gasteiger partial charge on any atom is 0.412 e. The number of pyridine rings is 1. The molecule has 0 unspecified atom stereocenters. The molecule has 0 aliphatic heterocycles. The van der Waals surface area contributed by atoms with Crippen molar-refractivity contribution in [1.29, 1.82) is 0 Å². The van der Waals surface area contributed by atoms with Crippen molar-refractivity contribution in [3.8, 4) is 45.6 Å². The number of nitrogens with zero attached hydrogens (tertiary/aromatic N) is 1. The Bertz CT molecular complexity index is 1800. The van der Waals surface area contributed by atoms with Gasteiger partial charge in [-0.1, -0.05) is 0 Å². The number of nitrogens with one attached hydrogen (secondary N) is 1. The van der Waals surface area contributed by atoms with E-state index >= 15 is 0 Å². The topological polar surface area (TPSA) is 133 Å². The molecule has 0 atom stereocenters. The highest BCUT2D eigenvalue weighted by molar-refractivity contribution is 6.08. The molecule has 12 heteroatoms. The van der Waals surface area contributed by atoms with Crippen molar-refractivity contribution in [2.45, 2.75) is 33.3 Å². The summed E-state index contributed by atoms with van der Waals surface area (Å²) in [5.41, 5.74) is 0.242. The van der Waals surface area contributed by atoms with Gasteiger partial charge in [0, 0.05) is 22.3 Å². The van der Waals surface area contributed by atoms with Crippen LogP contribution in [0.15, 0.2) is 53.3 Å². The normalized spacial score (nSPS) is 11.1. The minimum absolute atomic E-state index is 0.0756. The third kappa shape index (κ3) is 6.65. The van der Waals surface area contributed by atoms with Gasteiger partial charge in [-0.25, -0.2) is 9.59 Å². The van der Waals surface area contributed by atoms with Gasteiger partial charge in [-0.05, 0) is 81.8 Å². The van der Waals surface area contributed by atoms with Crippen LogP contribution in [0.3, 0.4) is 0 Å². The molecule has 1 N–H and O–H groups in total. The molecule has 1 aromatic heterocycles. The fourth-order valence-electron chi connectivity index (χ4n) is 5.00. The van der Waals surface area contributed by atoms with Crippen molar-refractivity contribution in [2.75, 3.05) is 47.5 Å². The van der Waals surface area contributed by atoms with E-state index in [1.165, 1.54) is 40.1 Å². The second-order valence-corrected chi connectivity index (χ2v) is 10.9. The number of rotatable bonds is 10. The van der Waals surface area contributed by atoms with Crippen LogP contribution in [-0.4, -0.2) is 64.4 Å². The van der Waals surface area contributed by atoms with E-state index in [2.05, 4.69) is 5.32 Å². The van der Waals surface area contributed by atoms with Crippen molar-refractivity contribution < 1.29 is 42.7 Å². The van der Waals surface area contributed by atoms with Gasteiger partial charge in [0.15, 0.2) is 23.0 Å². The molecule has 46 heavy (non-hydrogen) atoms. The number of anilines is 1. The molecule has 4 rings (SSSR count). The van der Waals surface area contributed by atoms with E-state index in [-0.39, 0.29) is 11.1 Å². The number of ether oxygens (including phenoxy) is 7. The van der Waals surface area contributed by atoms with Crippen molar-refractivity contribution in [1.82, 2.24) is 4.57 Å². The van der Waals surface area contributed by atoms with E-state index < -0.39 is 23.2 Å². The summed E-state index contributed by atoms with van der Waals surface area (Å²) in [7, 11) is 7.15. The van der Waals surface area contributed by atoms with Crippen LogP contribution in [0.4, 0.5) is 10.5 Å². The Morgan fingerprint density at radius 2 is 1.37 bits per heavy atom. The number of aromatic nitrogens is 1. The van der Waals surface area contributed by atoms with Gasteiger partial charge in [-0.2, -0.15) is 0 Å². The zero-order valence-electron chi connectivity index (χ0n) is 27.4. The smallest absolute Gasteiger partial charge is 0.412 e. The highest BCUT2D eigenvalue weighted by Gasteiger charge is 2.28. The quantitative estimate of drug-likeness (QED) is 0.200. The van der Waals surface area contributed by atoms with Gasteiger partial charge in [-0.15, -0.1) is 0 Å². The number of esters is 1. The zero-order chi connectivity index (χ0) is 33.8. The molecule has 3 aromatic carbocycles. The van der Waals surface area contributed by atoms with Crippen LogP contribution in [0.1, 0.15) is 38.2 Å². The summed E-state index contributed by atoms with van der Waals surface area (Å²) >= 11 is 0. The molecule has 0 spiro atoms. The SMILES string of the molecule is CCOc1cc2c(=O)n(-c3ccc(NC(=O)OC(C)(C)C)cc3)c(C(=O)OC)c(-c3cc(OC)c(OC)c(OC)c3)c2cc1OC. The molecule has 0 aliphatic carbocycles. The summed E-state index contributed by atoms with van der Waals surface area (Å²) in [5, 5.41) is 3.29. The van der Waals surface area contributed by atoms with E-state index in [1.54, 1.807) is 69.3 Å². The number of hydrogen-bond acceptors (Lipinski definition) is 10. The van der Waals surface area contributed by atoms with Gasteiger partial charge < -0.3 is 33.2 Å². The van der Waals surface area contributed by atoms with Crippen LogP contribution < -0.4 is 34.6 Å². The summed E-state index contributed by atoms with van der Waals surface area (Å²) in [4.78, 5) is 40.4. The summed E-state index contributed by atoms with van der Waals surface area (Å²) < 4.78 is 40.0. The Hall–Kier alpha value is -5.39. The maximum absolute atomic E-state index is 14.4. The van der Waals surface area contributed by atoms with Crippen molar-refractivity contribution in [3.63, 3.8) is 0 Å². The first kappa shape index (κ1) is 33.5. The summed E-state index contributed by atoms with van der Waals surface area (Å²) in [6, 6.07) is 13.0. The molecule has 0 fully saturated rings. The molecule has 0 aliphatic rings. The van der Waals surface area contributed by atoms with E-state index in [9.17, 15) is 14.4 Å². The van der Waals surface area contributed by atoms with Crippen LogP contribution in [0.5, 0.6) is 28.7 Å². The summed E-state index contributed by atoms with van der Waals surface area (Å²) in [6.07, 6.45) is -0.638. The van der Waals surface area contributed by atoms with Gasteiger partial charge in [0.05, 0.1) is 47.5 Å². The number of benzene rings is 3. The van der Waals surface area contributed by atoms with Crippen molar-refractivity contribution in [3.05, 3.63) is 64.6 Å². The van der Waals surface area contributed by atoms with Crippen LogP contribution in [-0.2, 0) is 9.47 Å². The molecule has 0 radical (unpaired) electrons. The fraction of sp³-hybridized carbons (Fsp3) is 0.324.